The molecule has 1 aromatic heterocycles. The predicted octanol–water partition coefficient (Wildman–Crippen LogP) is 2.64. The lowest BCUT2D eigenvalue weighted by atomic mass is 10.1. The Labute approximate surface area is 85.7 Å². The minimum absolute atomic E-state index is 0.0262. The van der Waals surface area contributed by atoms with Crippen LogP contribution in [0.1, 0.15) is 16.8 Å². The Hall–Kier alpha value is -1.35. The summed E-state index contributed by atoms with van der Waals surface area (Å²) in [6.45, 7) is 0. The van der Waals surface area contributed by atoms with E-state index in [2.05, 4.69) is 4.98 Å². The number of carbonyl (C=O) groups is 1. The molecule has 3 nitrogen and oxygen atoms in total. The quantitative estimate of drug-likeness (QED) is 0.577. The van der Waals surface area contributed by atoms with E-state index in [1.54, 1.807) is 18.2 Å². The van der Waals surface area contributed by atoms with Gasteiger partial charge in [-0.3, -0.25) is 4.79 Å². The largest absolute Gasteiger partial charge is 0.443 e. The lowest BCUT2D eigenvalue weighted by Crippen LogP contribution is -1.98. The number of benzene rings is 1. The van der Waals surface area contributed by atoms with E-state index in [4.69, 9.17) is 16.0 Å². The molecule has 0 amide bonds. The summed E-state index contributed by atoms with van der Waals surface area (Å²) in [5, 5.41) is 0. The van der Waals surface area contributed by atoms with E-state index in [1.165, 1.54) is 6.39 Å². The Kier molecular flexibility index (Phi) is 2.50. The molecule has 0 saturated carbocycles. The maximum atomic E-state index is 11.5. The molecule has 0 aliphatic carbocycles. The first-order valence-corrected chi connectivity index (χ1v) is 4.77. The third-order valence-electron chi connectivity index (χ3n) is 1.97. The van der Waals surface area contributed by atoms with Crippen molar-refractivity contribution in [3.8, 4) is 0 Å². The summed E-state index contributed by atoms with van der Waals surface area (Å²) in [4.78, 5) is 15.4. The number of alkyl halides is 1. The Morgan fingerprint density at radius 1 is 1.50 bits per heavy atom. The van der Waals surface area contributed by atoms with Crippen LogP contribution in [-0.2, 0) is 0 Å². The van der Waals surface area contributed by atoms with Crippen molar-refractivity contribution in [2.45, 2.75) is 6.42 Å². The average molecular weight is 210 g/mol. The van der Waals surface area contributed by atoms with Gasteiger partial charge in [-0.1, -0.05) is 0 Å². The lowest BCUT2D eigenvalue weighted by Gasteiger charge is -1.96. The first-order chi connectivity index (χ1) is 6.81. The van der Waals surface area contributed by atoms with E-state index >= 15 is 0 Å². The van der Waals surface area contributed by atoms with E-state index in [9.17, 15) is 4.79 Å². The molecule has 0 fully saturated rings. The molecule has 0 unspecified atom stereocenters. The molecule has 0 atom stereocenters. The summed E-state index contributed by atoms with van der Waals surface area (Å²) in [6.07, 6.45) is 1.71. The van der Waals surface area contributed by atoms with Crippen LogP contribution < -0.4 is 0 Å². The van der Waals surface area contributed by atoms with Gasteiger partial charge in [-0.2, -0.15) is 0 Å². The third kappa shape index (κ3) is 1.63. The summed E-state index contributed by atoms with van der Waals surface area (Å²) in [7, 11) is 0. The smallest absolute Gasteiger partial charge is 0.181 e. The highest BCUT2D eigenvalue weighted by Gasteiger charge is 2.07. The maximum Gasteiger partial charge on any atom is 0.181 e. The highest BCUT2D eigenvalue weighted by atomic mass is 35.5. The van der Waals surface area contributed by atoms with Crippen LogP contribution >= 0.6 is 11.6 Å². The van der Waals surface area contributed by atoms with Gasteiger partial charge in [0.05, 0.1) is 0 Å². The Morgan fingerprint density at radius 3 is 3.14 bits per heavy atom. The topological polar surface area (TPSA) is 43.1 Å². The van der Waals surface area contributed by atoms with Gasteiger partial charge in [-0.05, 0) is 18.2 Å². The van der Waals surface area contributed by atoms with Gasteiger partial charge in [-0.25, -0.2) is 4.98 Å². The number of Topliss-reactive ketones (excluding diaryl/α,β-unsaturated/α-hetero) is 1. The Morgan fingerprint density at radius 2 is 2.36 bits per heavy atom. The Bertz CT molecular complexity index is 464. The highest BCUT2D eigenvalue weighted by Crippen LogP contribution is 2.15. The van der Waals surface area contributed by atoms with Crippen molar-refractivity contribution in [3.05, 3.63) is 30.2 Å². The van der Waals surface area contributed by atoms with Gasteiger partial charge >= 0.3 is 0 Å². The molecule has 2 rings (SSSR count). The number of hydrogen-bond donors (Lipinski definition) is 0. The number of aromatic nitrogens is 1. The van der Waals surface area contributed by atoms with Crippen molar-refractivity contribution < 1.29 is 9.21 Å². The number of fused-ring (bicyclic) bond motifs is 1. The predicted molar refractivity (Wildman–Crippen MR) is 53.7 cm³/mol. The summed E-state index contributed by atoms with van der Waals surface area (Å²) in [5.41, 5.74) is 2.01. The van der Waals surface area contributed by atoms with Crippen molar-refractivity contribution >= 4 is 28.5 Å². The monoisotopic (exact) mass is 209 g/mol. The molecule has 0 aliphatic rings. The van der Waals surface area contributed by atoms with Crippen molar-refractivity contribution in [2.75, 3.05) is 5.88 Å². The first kappa shape index (κ1) is 9.21. The van der Waals surface area contributed by atoms with Crippen LogP contribution in [-0.4, -0.2) is 16.6 Å². The molecule has 1 aromatic carbocycles. The molecule has 0 N–H and O–H groups in total. The zero-order valence-electron chi connectivity index (χ0n) is 7.37. The van der Waals surface area contributed by atoms with E-state index in [0.29, 0.717) is 23.4 Å². The molecule has 14 heavy (non-hydrogen) atoms. The number of hydrogen-bond acceptors (Lipinski definition) is 3. The first-order valence-electron chi connectivity index (χ1n) is 4.23. The second-order valence-electron chi connectivity index (χ2n) is 2.90. The van der Waals surface area contributed by atoms with Crippen LogP contribution in [0.2, 0.25) is 0 Å². The zero-order chi connectivity index (χ0) is 9.97. The molecular weight excluding hydrogens is 202 g/mol. The van der Waals surface area contributed by atoms with Crippen LogP contribution in [0.5, 0.6) is 0 Å². The van der Waals surface area contributed by atoms with Crippen molar-refractivity contribution in [1.82, 2.24) is 4.98 Å². The van der Waals surface area contributed by atoms with E-state index in [-0.39, 0.29) is 5.78 Å². The number of carbonyl (C=O) groups excluding carboxylic acids is 1. The molecule has 2 aromatic rings. The van der Waals surface area contributed by atoms with Gasteiger partial charge in [-0.15, -0.1) is 11.6 Å². The average Bonchev–Trinajstić information content (AvgIpc) is 2.64. The van der Waals surface area contributed by atoms with Crippen LogP contribution in [0, 0.1) is 0 Å². The van der Waals surface area contributed by atoms with Crippen molar-refractivity contribution in [3.63, 3.8) is 0 Å². The highest BCUT2D eigenvalue weighted by molar-refractivity contribution is 6.19. The van der Waals surface area contributed by atoms with Gasteiger partial charge in [0.25, 0.3) is 0 Å². The molecule has 0 aliphatic heterocycles. The van der Waals surface area contributed by atoms with Gasteiger partial charge in [0, 0.05) is 17.9 Å². The summed E-state index contributed by atoms with van der Waals surface area (Å²) < 4.78 is 5.09. The van der Waals surface area contributed by atoms with Gasteiger partial charge in [0.1, 0.15) is 5.52 Å². The second kappa shape index (κ2) is 3.80. The molecule has 4 heteroatoms. The van der Waals surface area contributed by atoms with Gasteiger partial charge in [0.2, 0.25) is 0 Å². The minimum Gasteiger partial charge on any atom is -0.443 e. The second-order valence-corrected chi connectivity index (χ2v) is 3.27. The molecule has 0 bridgehead atoms. The van der Waals surface area contributed by atoms with E-state index < -0.39 is 0 Å². The lowest BCUT2D eigenvalue weighted by molar-refractivity contribution is 0.0989. The minimum atomic E-state index is 0.0262. The molecule has 0 saturated heterocycles. The molecular formula is C10H8ClNO2. The maximum absolute atomic E-state index is 11.5. The number of rotatable bonds is 3. The number of ketones is 1. The van der Waals surface area contributed by atoms with Crippen molar-refractivity contribution in [1.29, 1.82) is 0 Å². The van der Waals surface area contributed by atoms with Crippen LogP contribution in [0.3, 0.4) is 0 Å². The fourth-order valence-corrected chi connectivity index (χ4v) is 1.43. The molecule has 72 valence electrons. The molecule has 1 heterocycles. The Balaban J connectivity index is 2.38. The number of nitrogens with zero attached hydrogens (tertiary/aromatic N) is 1. The van der Waals surface area contributed by atoms with Gasteiger partial charge < -0.3 is 4.42 Å². The fourth-order valence-electron chi connectivity index (χ4n) is 1.26. The van der Waals surface area contributed by atoms with E-state index in [0.717, 1.165) is 5.52 Å². The normalized spacial score (nSPS) is 10.6. The van der Waals surface area contributed by atoms with Crippen molar-refractivity contribution in [2.24, 2.45) is 0 Å². The number of halogens is 1. The van der Waals surface area contributed by atoms with E-state index in [1.807, 2.05) is 0 Å². The summed E-state index contributed by atoms with van der Waals surface area (Å²) >= 11 is 5.49. The van der Waals surface area contributed by atoms with Crippen LogP contribution in [0.25, 0.3) is 11.1 Å². The standard InChI is InChI=1S/C10H8ClNO2/c11-4-3-9(13)7-1-2-8-10(5-7)14-6-12-8/h1-2,5-6H,3-4H2. The summed E-state index contributed by atoms with van der Waals surface area (Å²) in [6, 6.07) is 5.19. The van der Waals surface area contributed by atoms with Crippen LogP contribution in [0.15, 0.2) is 29.0 Å². The third-order valence-corrected chi connectivity index (χ3v) is 2.16. The zero-order valence-corrected chi connectivity index (χ0v) is 8.12. The molecule has 0 radical (unpaired) electrons. The summed E-state index contributed by atoms with van der Waals surface area (Å²) in [5.74, 6) is 0.367. The number of oxazole rings is 1. The fraction of sp³-hybridized carbons (Fsp3) is 0.200. The molecule has 0 spiro atoms. The van der Waals surface area contributed by atoms with Gasteiger partial charge in [0.15, 0.2) is 17.8 Å². The van der Waals surface area contributed by atoms with Crippen LogP contribution in [0.4, 0.5) is 0 Å². The SMILES string of the molecule is O=C(CCCl)c1ccc2ncoc2c1.